The molecule has 2 aromatic heterocycles. The third-order valence-electron chi connectivity index (χ3n) is 6.59. The molecule has 2 aliphatic heterocycles. The van der Waals surface area contributed by atoms with Gasteiger partial charge in [0.1, 0.15) is 19.6 Å². The summed E-state index contributed by atoms with van der Waals surface area (Å²) in [7, 11) is 3.25. The smallest absolute Gasteiger partial charge is 0.332 e. The molecule has 0 amide bonds. The Labute approximate surface area is 170 Å². The Morgan fingerprint density at radius 1 is 1.10 bits per heavy atom. The predicted molar refractivity (Wildman–Crippen MR) is 109 cm³/mol. The number of morpholine rings is 1. The van der Waals surface area contributed by atoms with Gasteiger partial charge >= 0.3 is 5.69 Å². The lowest BCUT2D eigenvalue weighted by Gasteiger charge is -2.28. The molecule has 2 saturated heterocycles. The number of ether oxygens (including phenoxy) is 1. The lowest BCUT2D eigenvalue weighted by atomic mass is 10.0. The number of fused-ring (bicyclic) bond motifs is 1. The summed E-state index contributed by atoms with van der Waals surface area (Å²) >= 11 is 0. The lowest BCUT2D eigenvalue weighted by molar-refractivity contribution is -0.922. The number of rotatable bonds is 5. The highest BCUT2D eigenvalue weighted by molar-refractivity contribution is 5.71. The molecule has 0 spiro atoms. The van der Waals surface area contributed by atoms with E-state index in [2.05, 4.69) is 11.5 Å². The van der Waals surface area contributed by atoms with Gasteiger partial charge < -0.3 is 19.1 Å². The first kappa shape index (κ1) is 20.3. The first-order valence-electron chi connectivity index (χ1n) is 10.9. The number of likely N-dealkylation sites (tertiary alicyclic amines) is 1. The van der Waals surface area contributed by atoms with Crippen LogP contribution in [0.3, 0.4) is 0 Å². The maximum atomic E-state index is 13.0. The Morgan fingerprint density at radius 2 is 1.86 bits per heavy atom. The van der Waals surface area contributed by atoms with E-state index >= 15 is 0 Å². The highest BCUT2D eigenvalue weighted by atomic mass is 16.5. The molecule has 0 aromatic carbocycles. The monoisotopic (exact) mass is 406 g/mol. The fraction of sp³-hybridized carbons (Fsp3) is 0.750. The third-order valence-corrected chi connectivity index (χ3v) is 6.59. The molecule has 0 bridgehead atoms. The zero-order chi connectivity index (χ0) is 20.5. The largest absolute Gasteiger partial charge is 0.370 e. The summed E-state index contributed by atoms with van der Waals surface area (Å²) in [5, 5.41) is 0. The maximum absolute atomic E-state index is 13.0. The van der Waals surface area contributed by atoms with E-state index in [1.54, 1.807) is 14.1 Å². The van der Waals surface area contributed by atoms with Crippen molar-refractivity contribution < 1.29 is 14.5 Å². The highest BCUT2D eigenvalue weighted by Gasteiger charge is 2.26. The summed E-state index contributed by atoms with van der Waals surface area (Å²) < 4.78 is 10.3. The second kappa shape index (κ2) is 8.41. The molecule has 2 aromatic rings. The predicted octanol–water partition coefficient (Wildman–Crippen LogP) is -2.84. The van der Waals surface area contributed by atoms with Crippen LogP contribution in [0.1, 0.15) is 25.6 Å². The Bertz CT molecular complexity index is 985. The lowest BCUT2D eigenvalue weighted by Crippen LogP contribution is -3.14. The molecule has 9 nitrogen and oxygen atoms in total. The SMILES string of the molecule is C[C@@H]1CCC[NH+](Cc2nc3c(c(=O)n(C)c(=O)n3C)n2CC[NH+]2CCOCC2)C1. The number of hydrogen-bond acceptors (Lipinski definition) is 4. The molecule has 1 unspecified atom stereocenters. The fourth-order valence-electron chi connectivity index (χ4n) is 4.83. The first-order valence-corrected chi connectivity index (χ1v) is 10.9. The van der Waals surface area contributed by atoms with E-state index in [9.17, 15) is 9.59 Å². The Morgan fingerprint density at radius 3 is 2.59 bits per heavy atom. The van der Waals surface area contributed by atoms with Crippen LogP contribution in [0.2, 0.25) is 0 Å². The number of aromatic nitrogens is 4. The van der Waals surface area contributed by atoms with Crippen molar-refractivity contribution in [3.8, 4) is 0 Å². The van der Waals surface area contributed by atoms with E-state index in [1.165, 1.54) is 31.8 Å². The van der Waals surface area contributed by atoms with Gasteiger partial charge in [0, 0.05) is 20.0 Å². The van der Waals surface area contributed by atoms with Gasteiger partial charge in [0.05, 0.1) is 39.4 Å². The molecule has 2 N–H and O–H groups in total. The van der Waals surface area contributed by atoms with Crippen LogP contribution in [0.4, 0.5) is 0 Å². The summed E-state index contributed by atoms with van der Waals surface area (Å²) in [6, 6.07) is 0. The number of aryl methyl sites for hydroxylation is 1. The van der Waals surface area contributed by atoms with Crippen LogP contribution in [0.25, 0.3) is 11.2 Å². The van der Waals surface area contributed by atoms with Gasteiger partial charge in [-0.1, -0.05) is 6.92 Å². The molecule has 9 heteroatoms. The third kappa shape index (κ3) is 4.04. The molecule has 0 saturated carbocycles. The molecule has 2 fully saturated rings. The van der Waals surface area contributed by atoms with Crippen molar-refractivity contribution in [1.82, 2.24) is 18.7 Å². The Balaban J connectivity index is 1.71. The van der Waals surface area contributed by atoms with Crippen LogP contribution in [0.15, 0.2) is 9.59 Å². The normalized spacial score (nSPS) is 23.7. The van der Waals surface area contributed by atoms with Gasteiger partial charge in [0.25, 0.3) is 5.56 Å². The first-order chi connectivity index (χ1) is 14.0. The maximum Gasteiger partial charge on any atom is 0.332 e. The van der Waals surface area contributed by atoms with E-state index in [1.807, 2.05) is 0 Å². The van der Waals surface area contributed by atoms with Gasteiger partial charge in [0.2, 0.25) is 0 Å². The van der Waals surface area contributed by atoms with Crippen LogP contribution >= 0.6 is 0 Å². The van der Waals surface area contributed by atoms with Gasteiger partial charge in [-0.05, 0) is 12.8 Å². The molecule has 0 radical (unpaired) electrons. The average molecular weight is 407 g/mol. The van der Waals surface area contributed by atoms with Crippen molar-refractivity contribution in [1.29, 1.82) is 0 Å². The number of hydrogen-bond donors (Lipinski definition) is 2. The second-order valence-electron chi connectivity index (χ2n) is 8.80. The topological polar surface area (TPSA) is 79.9 Å². The van der Waals surface area contributed by atoms with Crippen molar-refractivity contribution in [2.45, 2.75) is 32.9 Å². The molecular weight excluding hydrogens is 372 g/mol. The molecule has 29 heavy (non-hydrogen) atoms. The Kier molecular flexibility index (Phi) is 5.89. The molecule has 160 valence electrons. The van der Waals surface area contributed by atoms with E-state index in [4.69, 9.17) is 9.72 Å². The summed E-state index contributed by atoms with van der Waals surface area (Å²) in [6.07, 6.45) is 2.52. The number of nitrogens with zero attached hydrogens (tertiary/aromatic N) is 4. The molecule has 2 atom stereocenters. The van der Waals surface area contributed by atoms with Crippen LogP contribution < -0.4 is 21.0 Å². The zero-order valence-electron chi connectivity index (χ0n) is 17.9. The van der Waals surface area contributed by atoms with E-state index < -0.39 is 0 Å². The van der Waals surface area contributed by atoms with Crippen LogP contribution in [-0.4, -0.2) is 64.6 Å². The quantitative estimate of drug-likeness (QED) is 0.561. The number of imidazole rings is 1. The van der Waals surface area contributed by atoms with E-state index in [0.29, 0.717) is 17.1 Å². The van der Waals surface area contributed by atoms with E-state index in [0.717, 1.165) is 64.9 Å². The van der Waals surface area contributed by atoms with Gasteiger partial charge in [-0.2, -0.15) is 0 Å². The summed E-state index contributed by atoms with van der Waals surface area (Å²) in [5.74, 6) is 1.64. The molecule has 4 heterocycles. The second-order valence-corrected chi connectivity index (χ2v) is 8.80. The minimum atomic E-state index is -0.323. The van der Waals surface area contributed by atoms with Gasteiger partial charge in [-0.25, -0.2) is 9.78 Å². The van der Waals surface area contributed by atoms with Gasteiger partial charge in [0.15, 0.2) is 17.0 Å². The molecule has 2 aliphatic rings. The Hall–Kier alpha value is -1.97. The van der Waals surface area contributed by atoms with Crippen molar-refractivity contribution in [2.24, 2.45) is 20.0 Å². The van der Waals surface area contributed by atoms with Gasteiger partial charge in [-0.15, -0.1) is 0 Å². The standard InChI is InChI=1S/C20H32N6O3/c1-15-5-4-6-25(13-15)14-16-21-18-17(19(27)23(3)20(28)22(18)2)26(16)8-7-24-9-11-29-12-10-24/h15H,4-14H2,1-3H3/p+2/t15-/m1/s1. The minimum Gasteiger partial charge on any atom is -0.370 e. The summed E-state index contributed by atoms with van der Waals surface area (Å²) in [5.41, 5.74) is 0.494. The fourth-order valence-corrected chi connectivity index (χ4v) is 4.83. The van der Waals surface area contributed by atoms with Crippen LogP contribution in [0.5, 0.6) is 0 Å². The van der Waals surface area contributed by atoms with Crippen LogP contribution in [0, 0.1) is 5.92 Å². The number of piperidine rings is 1. The number of nitrogens with one attached hydrogen (secondary N) is 2. The molecule has 0 aliphatic carbocycles. The average Bonchev–Trinajstić information content (AvgIpc) is 3.08. The van der Waals surface area contributed by atoms with Crippen molar-refractivity contribution in [3.63, 3.8) is 0 Å². The van der Waals surface area contributed by atoms with Gasteiger partial charge in [-0.3, -0.25) is 13.9 Å². The highest BCUT2D eigenvalue weighted by Crippen LogP contribution is 2.11. The van der Waals surface area contributed by atoms with Crippen molar-refractivity contribution in [3.05, 3.63) is 26.7 Å². The molecular formula is C20H34N6O3+2. The minimum absolute atomic E-state index is 0.249. The van der Waals surface area contributed by atoms with E-state index in [-0.39, 0.29) is 11.2 Å². The van der Waals surface area contributed by atoms with Crippen molar-refractivity contribution >= 4 is 11.2 Å². The van der Waals surface area contributed by atoms with Crippen LogP contribution in [-0.2, 0) is 31.9 Å². The molecule has 4 rings (SSSR count). The summed E-state index contributed by atoms with van der Waals surface area (Å²) in [6.45, 7) is 10.6. The summed E-state index contributed by atoms with van der Waals surface area (Å²) in [4.78, 5) is 33.2. The number of quaternary nitrogens is 2. The van der Waals surface area contributed by atoms with Crippen molar-refractivity contribution in [2.75, 3.05) is 45.9 Å². The zero-order valence-corrected chi connectivity index (χ0v) is 17.9.